The van der Waals surface area contributed by atoms with Crippen LogP contribution in [0, 0.1) is 11.8 Å². The number of furan rings is 1. The molecule has 2 unspecified atom stereocenters. The van der Waals surface area contributed by atoms with Crippen molar-refractivity contribution >= 4 is 26.9 Å². The minimum absolute atomic E-state index is 0.187. The lowest BCUT2D eigenvalue weighted by atomic mass is 9.94. The summed E-state index contributed by atoms with van der Waals surface area (Å²) in [6.45, 7) is 7.57. The van der Waals surface area contributed by atoms with Crippen LogP contribution in [0.1, 0.15) is 37.7 Å². The lowest BCUT2D eigenvalue weighted by molar-refractivity contribution is 0.0930. The van der Waals surface area contributed by atoms with Crippen LogP contribution in [0.3, 0.4) is 0 Å². The Kier molecular flexibility index (Phi) is 4.88. The fourth-order valence-corrected chi connectivity index (χ4v) is 5.21. The molecule has 2 heterocycles. The molecule has 25 heavy (non-hydrogen) atoms. The second-order valence-electron chi connectivity index (χ2n) is 6.94. The van der Waals surface area contributed by atoms with E-state index in [4.69, 9.17) is 4.42 Å². The van der Waals surface area contributed by atoms with Gasteiger partial charge in [-0.3, -0.25) is 4.79 Å². The summed E-state index contributed by atoms with van der Waals surface area (Å²) >= 11 is 0. The molecular weight excluding hydrogens is 340 g/mol. The number of benzene rings is 1. The highest BCUT2D eigenvalue weighted by Crippen LogP contribution is 2.29. The molecule has 1 aromatic heterocycles. The van der Waals surface area contributed by atoms with Gasteiger partial charge in [-0.2, -0.15) is 4.31 Å². The third-order valence-electron chi connectivity index (χ3n) is 4.52. The summed E-state index contributed by atoms with van der Waals surface area (Å²) in [5, 5.41) is 3.28. The summed E-state index contributed by atoms with van der Waals surface area (Å²) in [6, 6.07) is 6.33. The minimum atomic E-state index is -3.55. The first-order valence-corrected chi connectivity index (χ1v) is 10.1. The molecule has 1 aliphatic heterocycles. The first-order chi connectivity index (χ1) is 11.8. The Labute approximate surface area is 148 Å². The van der Waals surface area contributed by atoms with Crippen LogP contribution in [0.5, 0.6) is 0 Å². The number of rotatable bonds is 4. The van der Waals surface area contributed by atoms with Crippen molar-refractivity contribution in [3.8, 4) is 0 Å². The molecule has 0 saturated carbocycles. The predicted molar refractivity (Wildman–Crippen MR) is 95.9 cm³/mol. The largest absolute Gasteiger partial charge is 0.451 e. The van der Waals surface area contributed by atoms with Crippen molar-refractivity contribution in [1.82, 2.24) is 9.62 Å². The number of amides is 1. The molecule has 1 aliphatic rings. The molecule has 2 atom stereocenters. The summed E-state index contributed by atoms with van der Waals surface area (Å²) in [7, 11) is -3.55. The molecule has 1 amide bonds. The number of piperidine rings is 1. The first kappa shape index (κ1) is 17.9. The number of sulfonamides is 1. The van der Waals surface area contributed by atoms with Crippen molar-refractivity contribution in [3.63, 3.8) is 0 Å². The van der Waals surface area contributed by atoms with E-state index in [1.165, 1.54) is 0 Å². The van der Waals surface area contributed by atoms with Gasteiger partial charge < -0.3 is 9.73 Å². The maximum Gasteiger partial charge on any atom is 0.287 e. The molecule has 0 radical (unpaired) electrons. The summed E-state index contributed by atoms with van der Waals surface area (Å²) in [5.74, 6) is 0.578. The maximum absolute atomic E-state index is 13.0. The van der Waals surface area contributed by atoms with Crippen molar-refractivity contribution in [3.05, 3.63) is 30.0 Å². The van der Waals surface area contributed by atoms with Crippen molar-refractivity contribution in [2.24, 2.45) is 11.8 Å². The molecule has 1 aromatic carbocycles. The van der Waals surface area contributed by atoms with E-state index < -0.39 is 10.0 Å². The Hall–Kier alpha value is -1.86. The zero-order valence-electron chi connectivity index (χ0n) is 14.8. The van der Waals surface area contributed by atoms with E-state index in [0.717, 1.165) is 6.42 Å². The van der Waals surface area contributed by atoms with E-state index in [2.05, 4.69) is 19.2 Å². The van der Waals surface area contributed by atoms with E-state index in [0.29, 0.717) is 42.4 Å². The SMILES string of the molecule is CCNC(=O)c1cc2cc(S(=O)(=O)N3CC(C)CC(C)C3)ccc2o1. The fourth-order valence-electron chi connectivity index (χ4n) is 3.49. The van der Waals surface area contributed by atoms with E-state index >= 15 is 0 Å². The first-order valence-electron chi connectivity index (χ1n) is 8.63. The number of hydrogen-bond donors (Lipinski definition) is 1. The van der Waals surface area contributed by atoms with Crippen molar-refractivity contribution < 1.29 is 17.6 Å². The van der Waals surface area contributed by atoms with Crippen LogP contribution in [-0.4, -0.2) is 38.3 Å². The van der Waals surface area contributed by atoms with Gasteiger partial charge in [0.15, 0.2) is 5.76 Å². The van der Waals surface area contributed by atoms with E-state index in [-0.39, 0.29) is 16.6 Å². The Morgan fingerprint density at radius 3 is 2.56 bits per heavy atom. The lowest BCUT2D eigenvalue weighted by Crippen LogP contribution is -2.42. The predicted octanol–water partition coefficient (Wildman–Crippen LogP) is 2.85. The van der Waals surface area contributed by atoms with Gasteiger partial charge in [-0.05, 0) is 49.4 Å². The average Bonchev–Trinajstić information content (AvgIpc) is 2.97. The van der Waals surface area contributed by atoms with Crippen LogP contribution >= 0.6 is 0 Å². The summed E-state index contributed by atoms with van der Waals surface area (Å²) < 4.78 is 33.0. The van der Waals surface area contributed by atoms with Gasteiger partial charge in [0, 0.05) is 25.0 Å². The third-order valence-corrected chi connectivity index (χ3v) is 6.35. The van der Waals surface area contributed by atoms with Gasteiger partial charge in [0.2, 0.25) is 10.0 Å². The van der Waals surface area contributed by atoms with Crippen LogP contribution < -0.4 is 5.32 Å². The maximum atomic E-state index is 13.0. The minimum Gasteiger partial charge on any atom is -0.451 e. The second kappa shape index (κ2) is 6.80. The van der Waals surface area contributed by atoms with Gasteiger partial charge in [0.25, 0.3) is 5.91 Å². The Bertz CT molecular complexity index is 878. The van der Waals surface area contributed by atoms with Crippen LogP contribution in [0.2, 0.25) is 0 Å². The van der Waals surface area contributed by atoms with Gasteiger partial charge in [-0.25, -0.2) is 8.42 Å². The third kappa shape index (κ3) is 3.57. The normalized spacial score (nSPS) is 22.2. The van der Waals surface area contributed by atoms with Gasteiger partial charge >= 0.3 is 0 Å². The summed E-state index contributed by atoms with van der Waals surface area (Å²) in [4.78, 5) is 12.1. The fraction of sp³-hybridized carbons (Fsp3) is 0.500. The molecular formula is C18H24N2O4S. The number of fused-ring (bicyclic) bond motifs is 1. The Balaban J connectivity index is 1.93. The number of nitrogens with zero attached hydrogens (tertiary/aromatic N) is 1. The number of nitrogens with one attached hydrogen (secondary N) is 1. The standard InChI is InChI=1S/C18H24N2O4S/c1-4-19-18(21)17-9-14-8-15(5-6-16(14)24-17)25(22,23)20-10-12(2)7-13(3)11-20/h5-6,8-9,12-13H,4,7,10-11H2,1-3H3,(H,19,21). The van der Waals surface area contributed by atoms with Crippen molar-refractivity contribution in [2.75, 3.05) is 19.6 Å². The highest BCUT2D eigenvalue weighted by molar-refractivity contribution is 7.89. The second-order valence-corrected chi connectivity index (χ2v) is 8.88. The zero-order chi connectivity index (χ0) is 18.2. The summed E-state index contributed by atoms with van der Waals surface area (Å²) in [6.07, 6.45) is 1.04. The zero-order valence-corrected chi connectivity index (χ0v) is 15.6. The lowest BCUT2D eigenvalue weighted by Gasteiger charge is -2.34. The van der Waals surface area contributed by atoms with E-state index in [1.807, 2.05) is 6.92 Å². The van der Waals surface area contributed by atoms with Gasteiger partial charge in [-0.1, -0.05) is 13.8 Å². The summed E-state index contributed by atoms with van der Waals surface area (Å²) in [5.41, 5.74) is 0.501. The molecule has 7 heteroatoms. The number of hydrogen-bond acceptors (Lipinski definition) is 4. The van der Waals surface area contributed by atoms with Crippen molar-refractivity contribution in [1.29, 1.82) is 0 Å². The molecule has 6 nitrogen and oxygen atoms in total. The molecule has 2 aromatic rings. The Morgan fingerprint density at radius 1 is 1.24 bits per heavy atom. The van der Waals surface area contributed by atoms with Gasteiger partial charge in [0.05, 0.1) is 4.90 Å². The molecule has 1 N–H and O–H groups in total. The topological polar surface area (TPSA) is 79.6 Å². The van der Waals surface area contributed by atoms with Crippen LogP contribution in [0.4, 0.5) is 0 Å². The average molecular weight is 364 g/mol. The molecule has 136 valence electrons. The smallest absolute Gasteiger partial charge is 0.287 e. The highest BCUT2D eigenvalue weighted by atomic mass is 32.2. The van der Waals surface area contributed by atoms with E-state index in [9.17, 15) is 13.2 Å². The van der Waals surface area contributed by atoms with Crippen LogP contribution in [0.15, 0.2) is 33.6 Å². The quantitative estimate of drug-likeness (QED) is 0.905. The molecule has 1 fully saturated rings. The molecule has 0 aliphatic carbocycles. The molecule has 3 rings (SSSR count). The van der Waals surface area contributed by atoms with Crippen molar-refractivity contribution in [2.45, 2.75) is 32.1 Å². The monoisotopic (exact) mass is 364 g/mol. The number of carbonyl (C=O) groups excluding carboxylic acids is 1. The van der Waals surface area contributed by atoms with E-state index in [1.54, 1.807) is 28.6 Å². The van der Waals surface area contributed by atoms with Gasteiger partial charge in [-0.15, -0.1) is 0 Å². The highest BCUT2D eigenvalue weighted by Gasteiger charge is 2.31. The van der Waals surface area contributed by atoms with Crippen LogP contribution in [0.25, 0.3) is 11.0 Å². The molecule has 0 spiro atoms. The molecule has 1 saturated heterocycles. The molecule has 0 bridgehead atoms. The number of carbonyl (C=O) groups is 1. The van der Waals surface area contributed by atoms with Gasteiger partial charge in [0.1, 0.15) is 5.58 Å². The van der Waals surface area contributed by atoms with Crippen LogP contribution in [-0.2, 0) is 10.0 Å². The Morgan fingerprint density at radius 2 is 1.92 bits per heavy atom.